The number of nitrogen functional groups attached to an aromatic ring is 1. The minimum atomic E-state index is -5.66. The number of alkyl halides is 1. The molecule has 1 aliphatic heterocycles. The molecule has 314 valence electrons. The summed E-state index contributed by atoms with van der Waals surface area (Å²) in [5, 5.41) is 13.8. The molecule has 0 radical (unpaired) electrons. The Hall–Kier alpha value is -4.02. The van der Waals surface area contributed by atoms with Gasteiger partial charge in [0.1, 0.15) is 35.6 Å². The highest BCUT2D eigenvalue weighted by molar-refractivity contribution is 7.63. The predicted octanol–water partition coefficient (Wildman–Crippen LogP) is 7.44. The Labute approximate surface area is 340 Å². The average Bonchev–Trinajstić information content (AvgIpc) is 3.73. The van der Waals surface area contributed by atoms with Gasteiger partial charge in [0.05, 0.1) is 12.9 Å². The Morgan fingerprint density at radius 2 is 1.71 bits per heavy atom. The molecule has 20 heteroatoms. The lowest BCUT2D eigenvalue weighted by Gasteiger charge is -2.33. The number of esters is 1. The first-order chi connectivity index (χ1) is 27.5. The number of rotatable bonds is 16. The minimum Gasteiger partial charge on any atom is -0.756 e. The number of ether oxygens (including phenoxy) is 2. The molecule has 1 aliphatic rings. The van der Waals surface area contributed by atoms with E-state index in [0.717, 1.165) is 16.8 Å². The number of carbonyl (C=O) groups is 1. The van der Waals surface area contributed by atoms with Crippen molar-refractivity contribution in [3.8, 4) is 5.75 Å². The molecule has 58 heavy (non-hydrogen) atoms. The first-order valence-electron chi connectivity index (χ1n) is 18.6. The van der Waals surface area contributed by atoms with Gasteiger partial charge in [-0.15, -0.1) is 0 Å². The standard InChI is InChI=1S/C31H32ClFN6O10P2.C7H16/c1-31(2,29(41)45-15-18-9-4-3-5-10-18)38-50(42,48-21-14-8-12-19-11-6-7-13-20(19)21)49-51(43,44)46-16-22-25(40)23(33)28(47-22)39-17-35-24-26(34)36-30(32)37-27(24)39;1-4-7(5-2)6-3/h3-14,17,22-23,25,28,40H,15-16H2,1-2H3,(H,38,42)(H,43,44)(H2,34,36,37);7H,4-6H2,1-3H3/p-1/t22-,23-,25?,28-,50?;/m1./s1. The topological polar surface area (TPSA) is 222 Å². The number of phosphoric ester groups is 1. The van der Waals surface area contributed by atoms with E-state index in [1.807, 2.05) is 0 Å². The van der Waals surface area contributed by atoms with Crippen molar-refractivity contribution in [3.63, 3.8) is 0 Å². The Morgan fingerprint density at radius 3 is 2.38 bits per heavy atom. The highest BCUT2D eigenvalue weighted by atomic mass is 35.5. The predicted molar refractivity (Wildman–Crippen MR) is 214 cm³/mol. The lowest BCUT2D eigenvalue weighted by atomic mass is 10.0. The quantitative estimate of drug-likeness (QED) is 0.0498. The van der Waals surface area contributed by atoms with E-state index < -0.39 is 58.3 Å². The van der Waals surface area contributed by atoms with Crippen molar-refractivity contribution < 1.29 is 51.1 Å². The number of nitrogens with zero attached hydrogens (tertiary/aromatic N) is 4. The molecule has 6 atom stereocenters. The van der Waals surface area contributed by atoms with Crippen molar-refractivity contribution >= 4 is 60.9 Å². The van der Waals surface area contributed by atoms with Crippen LogP contribution in [0.4, 0.5) is 10.2 Å². The van der Waals surface area contributed by atoms with Crippen molar-refractivity contribution in [1.29, 1.82) is 0 Å². The van der Waals surface area contributed by atoms with Gasteiger partial charge in [0.15, 0.2) is 23.9 Å². The number of nitrogens with one attached hydrogen (secondary N) is 1. The summed E-state index contributed by atoms with van der Waals surface area (Å²) in [5.41, 5.74) is 4.72. The van der Waals surface area contributed by atoms with Crippen LogP contribution in [0.25, 0.3) is 21.9 Å². The number of imidazole rings is 1. The maximum Gasteiger partial charge on any atom is 0.466 e. The number of phosphoric acid groups is 1. The van der Waals surface area contributed by atoms with E-state index in [2.05, 4.69) is 40.8 Å². The van der Waals surface area contributed by atoms with Gasteiger partial charge in [0, 0.05) is 5.39 Å². The third-order valence-corrected chi connectivity index (χ3v) is 13.0. The maximum absolute atomic E-state index is 15.3. The van der Waals surface area contributed by atoms with Crippen molar-refractivity contribution in [1.82, 2.24) is 24.6 Å². The van der Waals surface area contributed by atoms with Crippen LogP contribution in [0.5, 0.6) is 5.75 Å². The van der Waals surface area contributed by atoms with E-state index >= 15 is 4.39 Å². The van der Waals surface area contributed by atoms with E-state index in [-0.39, 0.29) is 34.6 Å². The first kappa shape index (κ1) is 45.1. The number of halogens is 2. The number of hydrogen-bond donors (Lipinski definition) is 3. The van der Waals surface area contributed by atoms with Gasteiger partial charge in [-0.3, -0.25) is 13.9 Å². The van der Waals surface area contributed by atoms with Crippen molar-refractivity contribution in [3.05, 3.63) is 90.0 Å². The Kier molecular flexibility index (Phi) is 15.0. The summed E-state index contributed by atoms with van der Waals surface area (Å²) in [4.78, 5) is 38.2. The van der Waals surface area contributed by atoms with Crippen LogP contribution < -0.4 is 20.2 Å². The number of fused-ring (bicyclic) bond motifs is 2. The molecular weight excluding hydrogens is 817 g/mol. The molecule has 2 aromatic heterocycles. The van der Waals surface area contributed by atoms with Crippen LogP contribution in [0.15, 0.2) is 79.1 Å². The molecule has 0 saturated carbocycles. The number of aliphatic hydroxyl groups excluding tert-OH is 1. The Bertz CT molecular complexity index is 2260. The second-order valence-electron chi connectivity index (χ2n) is 14.0. The Balaban J connectivity index is 0.000000839. The first-order valence-corrected chi connectivity index (χ1v) is 22.0. The van der Waals surface area contributed by atoms with Crippen molar-refractivity contribution in [2.45, 2.75) is 90.6 Å². The zero-order valence-electron chi connectivity index (χ0n) is 32.6. The molecule has 3 unspecified atom stereocenters. The van der Waals surface area contributed by atoms with Crippen molar-refractivity contribution in [2.24, 2.45) is 5.92 Å². The molecule has 0 amide bonds. The largest absolute Gasteiger partial charge is 0.756 e. The van der Waals surface area contributed by atoms with E-state index in [9.17, 15) is 23.9 Å². The fraction of sp³-hybridized carbons (Fsp3) is 0.421. The van der Waals surface area contributed by atoms with Crippen LogP contribution in [0.3, 0.4) is 0 Å². The number of carbonyl (C=O) groups excluding carboxylic acids is 1. The van der Waals surface area contributed by atoms with E-state index in [0.29, 0.717) is 16.3 Å². The van der Waals surface area contributed by atoms with Gasteiger partial charge in [-0.05, 0) is 48.4 Å². The van der Waals surface area contributed by atoms with Crippen LogP contribution in [-0.4, -0.2) is 61.1 Å². The second kappa shape index (κ2) is 19.4. The Morgan fingerprint density at radius 1 is 1.05 bits per heavy atom. The molecule has 1 saturated heterocycles. The number of aromatic nitrogens is 4. The minimum absolute atomic E-state index is 0.00532. The summed E-state index contributed by atoms with van der Waals surface area (Å²) in [6.45, 7) is 8.24. The number of benzene rings is 3. The van der Waals surface area contributed by atoms with E-state index in [1.54, 1.807) is 66.7 Å². The lowest BCUT2D eigenvalue weighted by Crippen LogP contribution is -2.47. The van der Waals surface area contributed by atoms with Crippen LogP contribution in [0, 0.1) is 5.92 Å². The second-order valence-corrected chi connectivity index (χ2v) is 17.5. The van der Waals surface area contributed by atoms with E-state index in [4.69, 9.17) is 40.2 Å². The summed E-state index contributed by atoms with van der Waals surface area (Å²) in [7, 11) is -10.8. The van der Waals surface area contributed by atoms with Gasteiger partial charge in [0.2, 0.25) is 5.28 Å². The van der Waals surface area contributed by atoms with Gasteiger partial charge < -0.3 is 34.3 Å². The fourth-order valence-corrected chi connectivity index (χ4v) is 9.38. The van der Waals surface area contributed by atoms with Gasteiger partial charge in [-0.25, -0.2) is 18.3 Å². The number of aliphatic hydroxyl groups is 1. The third kappa shape index (κ3) is 11.2. The van der Waals surface area contributed by atoms with Gasteiger partial charge >= 0.3 is 13.7 Å². The van der Waals surface area contributed by atoms with Crippen LogP contribution in [0.1, 0.15) is 65.7 Å². The molecule has 0 bridgehead atoms. The molecule has 3 heterocycles. The SMILES string of the molecule is CC(C)(NP(=O)(Oc1cccc2ccccc12)OP(=O)([O-])OC[C@H]1O[C@@H](n2cnc3c(N)nc(Cl)nc32)[C@H](F)C1O)C(=O)OCc1ccccc1.CCC(CC)CC. The zero-order chi connectivity index (χ0) is 42.3. The molecule has 16 nitrogen and oxygen atoms in total. The fourth-order valence-electron chi connectivity index (χ4n) is 6.10. The normalized spacial score (nSPS) is 20.3. The summed E-state index contributed by atoms with van der Waals surface area (Å²) in [6, 6.07) is 20.3. The number of hydrogen-bond acceptors (Lipinski definition) is 14. The summed E-state index contributed by atoms with van der Waals surface area (Å²) in [5.74, 6) is -0.0632. The summed E-state index contributed by atoms with van der Waals surface area (Å²) < 4.78 is 70.7. The smallest absolute Gasteiger partial charge is 0.466 e. The molecular formula is C38H47ClFN6O10P2-. The van der Waals surface area contributed by atoms with Crippen LogP contribution in [0.2, 0.25) is 5.28 Å². The number of anilines is 1. The van der Waals surface area contributed by atoms with Gasteiger partial charge in [0.25, 0.3) is 7.82 Å². The summed E-state index contributed by atoms with van der Waals surface area (Å²) in [6.07, 6.45) is -1.97. The van der Waals surface area contributed by atoms with Crippen LogP contribution in [-0.2, 0) is 38.8 Å². The van der Waals surface area contributed by atoms with Crippen LogP contribution >= 0.6 is 27.2 Å². The number of nitrogens with two attached hydrogens (primary N) is 1. The molecule has 0 aliphatic carbocycles. The molecule has 1 fully saturated rings. The highest BCUT2D eigenvalue weighted by Crippen LogP contribution is 2.60. The van der Waals surface area contributed by atoms with Gasteiger partial charge in [-0.1, -0.05) is 107 Å². The molecule has 4 N–H and O–H groups in total. The third-order valence-electron chi connectivity index (χ3n) is 9.43. The van der Waals surface area contributed by atoms with Crippen molar-refractivity contribution in [2.75, 3.05) is 12.3 Å². The molecule has 6 rings (SSSR count). The lowest BCUT2D eigenvalue weighted by molar-refractivity contribution is -0.220. The summed E-state index contributed by atoms with van der Waals surface area (Å²) >= 11 is 5.89. The monoisotopic (exact) mass is 863 g/mol. The van der Waals surface area contributed by atoms with E-state index in [1.165, 1.54) is 39.2 Å². The highest BCUT2D eigenvalue weighted by Gasteiger charge is 2.47. The molecule has 3 aromatic carbocycles. The van der Waals surface area contributed by atoms with Gasteiger partial charge in [-0.2, -0.15) is 15.1 Å². The average molecular weight is 864 g/mol. The molecule has 0 spiro atoms. The molecule has 5 aromatic rings. The zero-order valence-corrected chi connectivity index (χ0v) is 35.1. The maximum atomic E-state index is 15.3.